The molecule has 0 aromatic heterocycles. The molecule has 0 spiro atoms. The molecule has 0 saturated carbocycles. The summed E-state index contributed by atoms with van der Waals surface area (Å²) >= 11 is 0. The first-order valence-electron chi connectivity index (χ1n) is 5.24. The molecule has 4 nitrogen and oxygen atoms in total. The molecule has 1 unspecified atom stereocenters. The van der Waals surface area contributed by atoms with Gasteiger partial charge in [-0.05, 0) is 25.7 Å². The summed E-state index contributed by atoms with van der Waals surface area (Å²) in [7, 11) is 0. The van der Waals surface area contributed by atoms with Crippen molar-refractivity contribution in [1.82, 2.24) is 0 Å². The topological polar surface area (TPSA) is 55.8 Å². The molecular formula is C10H18O4. The van der Waals surface area contributed by atoms with Crippen molar-refractivity contribution in [3.8, 4) is 0 Å². The van der Waals surface area contributed by atoms with Gasteiger partial charge in [-0.3, -0.25) is 0 Å². The van der Waals surface area contributed by atoms with Crippen LogP contribution in [0.25, 0.3) is 0 Å². The normalized spacial score (nSPS) is 24.5. The Kier molecular flexibility index (Phi) is 4.90. The fourth-order valence-electron chi connectivity index (χ4n) is 1.51. The highest BCUT2D eigenvalue weighted by atomic mass is 16.7. The molecule has 1 heterocycles. The molecule has 0 aromatic carbocycles. The standard InChI is InChI=1S/C10H18O4/c1-2-5-8(10(11)12)14-9-6-3-4-7-13-9/h8-9H,2-7H2,1H3,(H,11,12)/t8-,9?/m0/s1. The van der Waals surface area contributed by atoms with Gasteiger partial charge < -0.3 is 14.6 Å². The Hall–Kier alpha value is -0.610. The van der Waals surface area contributed by atoms with E-state index in [1.807, 2.05) is 6.92 Å². The van der Waals surface area contributed by atoms with Crippen LogP contribution in [0.1, 0.15) is 39.0 Å². The molecule has 1 aliphatic rings. The lowest BCUT2D eigenvalue weighted by atomic mass is 10.2. The van der Waals surface area contributed by atoms with Gasteiger partial charge in [0.1, 0.15) is 0 Å². The number of carboxylic acid groups (broad SMARTS) is 1. The molecule has 0 bridgehead atoms. The third-order valence-electron chi connectivity index (χ3n) is 2.28. The highest BCUT2D eigenvalue weighted by molar-refractivity contribution is 5.72. The summed E-state index contributed by atoms with van der Waals surface area (Å²) in [5.41, 5.74) is 0. The van der Waals surface area contributed by atoms with E-state index in [1.54, 1.807) is 0 Å². The molecular weight excluding hydrogens is 184 g/mol. The number of aliphatic carboxylic acids is 1. The number of rotatable bonds is 5. The van der Waals surface area contributed by atoms with Crippen LogP contribution in [0.5, 0.6) is 0 Å². The minimum atomic E-state index is -0.888. The summed E-state index contributed by atoms with van der Waals surface area (Å²) in [6, 6.07) is 0. The van der Waals surface area contributed by atoms with Crippen LogP contribution in [0.2, 0.25) is 0 Å². The van der Waals surface area contributed by atoms with Crippen LogP contribution >= 0.6 is 0 Å². The van der Waals surface area contributed by atoms with Crippen LogP contribution in [0.4, 0.5) is 0 Å². The SMILES string of the molecule is CCC[C@H](OC1CCCCO1)C(=O)O. The van der Waals surface area contributed by atoms with Crippen molar-refractivity contribution in [2.75, 3.05) is 6.61 Å². The average Bonchev–Trinajstić information content (AvgIpc) is 2.18. The van der Waals surface area contributed by atoms with E-state index >= 15 is 0 Å². The molecule has 1 fully saturated rings. The van der Waals surface area contributed by atoms with Crippen LogP contribution in [0, 0.1) is 0 Å². The van der Waals surface area contributed by atoms with Crippen molar-refractivity contribution in [1.29, 1.82) is 0 Å². The van der Waals surface area contributed by atoms with Crippen molar-refractivity contribution < 1.29 is 19.4 Å². The molecule has 0 amide bonds. The Morgan fingerprint density at radius 1 is 1.64 bits per heavy atom. The predicted molar refractivity (Wildman–Crippen MR) is 51.0 cm³/mol. The molecule has 1 aliphatic heterocycles. The van der Waals surface area contributed by atoms with Crippen LogP contribution in [-0.2, 0) is 14.3 Å². The number of carboxylic acids is 1. The van der Waals surface area contributed by atoms with Crippen molar-refractivity contribution >= 4 is 5.97 Å². The Balaban J connectivity index is 2.33. The minimum Gasteiger partial charge on any atom is -0.479 e. The molecule has 0 aromatic rings. The first-order valence-corrected chi connectivity index (χ1v) is 5.24. The van der Waals surface area contributed by atoms with Gasteiger partial charge in [0, 0.05) is 6.61 Å². The third-order valence-corrected chi connectivity index (χ3v) is 2.28. The van der Waals surface area contributed by atoms with E-state index in [0.29, 0.717) is 13.0 Å². The highest BCUT2D eigenvalue weighted by Crippen LogP contribution is 2.17. The summed E-state index contributed by atoms with van der Waals surface area (Å²) in [4.78, 5) is 10.8. The van der Waals surface area contributed by atoms with Crippen LogP contribution in [0.3, 0.4) is 0 Å². The van der Waals surface area contributed by atoms with Crippen LogP contribution in [0.15, 0.2) is 0 Å². The Bertz CT molecular complexity index is 175. The van der Waals surface area contributed by atoms with Crippen LogP contribution < -0.4 is 0 Å². The lowest BCUT2D eigenvalue weighted by Gasteiger charge is -2.25. The summed E-state index contributed by atoms with van der Waals surface area (Å²) in [5.74, 6) is -0.888. The predicted octanol–water partition coefficient (Wildman–Crippen LogP) is 1.78. The van der Waals surface area contributed by atoms with Crippen molar-refractivity contribution in [2.24, 2.45) is 0 Å². The van der Waals surface area contributed by atoms with Gasteiger partial charge in [-0.2, -0.15) is 0 Å². The molecule has 1 saturated heterocycles. The first-order chi connectivity index (χ1) is 6.74. The summed E-state index contributed by atoms with van der Waals surface area (Å²) in [6.45, 7) is 2.63. The Morgan fingerprint density at radius 2 is 2.43 bits per heavy atom. The summed E-state index contributed by atoms with van der Waals surface area (Å²) < 4.78 is 10.7. The maximum Gasteiger partial charge on any atom is 0.332 e. The van der Waals surface area contributed by atoms with Crippen LogP contribution in [-0.4, -0.2) is 30.1 Å². The van der Waals surface area contributed by atoms with Gasteiger partial charge in [0.05, 0.1) is 0 Å². The van der Waals surface area contributed by atoms with Gasteiger partial charge in [-0.1, -0.05) is 13.3 Å². The lowest BCUT2D eigenvalue weighted by molar-refractivity contribution is -0.201. The van der Waals surface area contributed by atoms with Gasteiger partial charge in [0.15, 0.2) is 12.4 Å². The second kappa shape index (κ2) is 5.98. The molecule has 0 aliphatic carbocycles. The van der Waals surface area contributed by atoms with E-state index in [-0.39, 0.29) is 6.29 Å². The number of carbonyl (C=O) groups is 1. The molecule has 14 heavy (non-hydrogen) atoms. The number of hydrogen-bond donors (Lipinski definition) is 1. The maximum absolute atomic E-state index is 10.8. The second-order valence-corrected chi connectivity index (χ2v) is 3.55. The zero-order valence-corrected chi connectivity index (χ0v) is 8.57. The van der Waals surface area contributed by atoms with E-state index in [0.717, 1.165) is 25.7 Å². The van der Waals surface area contributed by atoms with E-state index in [9.17, 15) is 4.79 Å². The largest absolute Gasteiger partial charge is 0.479 e. The third kappa shape index (κ3) is 3.64. The van der Waals surface area contributed by atoms with Gasteiger partial charge in [0.2, 0.25) is 0 Å². The molecule has 4 heteroatoms. The fourth-order valence-corrected chi connectivity index (χ4v) is 1.51. The molecule has 1 N–H and O–H groups in total. The van der Waals surface area contributed by atoms with E-state index < -0.39 is 12.1 Å². The van der Waals surface area contributed by atoms with E-state index in [2.05, 4.69) is 0 Å². The Morgan fingerprint density at radius 3 is 2.93 bits per heavy atom. The van der Waals surface area contributed by atoms with E-state index in [4.69, 9.17) is 14.6 Å². The smallest absolute Gasteiger partial charge is 0.332 e. The zero-order valence-electron chi connectivity index (χ0n) is 8.57. The van der Waals surface area contributed by atoms with Crippen molar-refractivity contribution in [2.45, 2.75) is 51.4 Å². The molecule has 1 rings (SSSR count). The Labute approximate surface area is 84.2 Å². The zero-order chi connectivity index (χ0) is 10.4. The molecule has 82 valence electrons. The second-order valence-electron chi connectivity index (χ2n) is 3.55. The van der Waals surface area contributed by atoms with E-state index in [1.165, 1.54) is 0 Å². The van der Waals surface area contributed by atoms with Gasteiger partial charge in [-0.15, -0.1) is 0 Å². The fraction of sp³-hybridized carbons (Fsp3) is 0.900. The van der Waals surface area contributed by atoms with Crippen molar-refractivity contribution in [3.63, 3.8) is 0 Å². The quantitative estimate of drug-likeness (QED) is 0.738. The summed E-state index contributed by atoms with van der Waals surface area (Å²) in [5, 5.41) is 8.85. The lowest BCUT2D eigenvalue weighted by Crippen LogP contribution is -2.32. The monoisotopic (exact) mass is 202 g/mol. The van der Waals surface area contributed by atoms with Crippen molar-refractivity contribution in [3.05, 3.63) is 0 Å². The summed E-state index contributed by atoms with van der Waals surface area (Å²) in [6.07, 6.45) is 3.26. The highest BCUT2D eigenvalue weighted by Gasteiger charge is 2.23. The molecule has 0 radical (unpaired) electrons. The first kappa shape index (κ1) is 11.5. The number of ether oxygens (including phenoxy) is 2. The number of hydrogen-bond acceptors (Lipinski definition) is 3. The van der Waals surface area contributed by atoms with Gasteiger partial charge in [0.25, 0.3) is 0 Å². The van der Waals surface area contributed by atoms with Gasteiger partial charge in [-0.25, -0.2) is 4.79 Å². The maximum atomic E-state index is 10.8. The van der Waals surface area contributed by atoms with Gasteiger partial charge >= 0.3 is 5.97 Å². The minimum absolute atomic E-state index is 0.309. The average molecular weight is 202 g/mol. The molecule has 2 atom stereocenters.